The van der Waals surface area contributed by atoms with Crippen LogP contribution >= 0.6 is 0 Å². The molecule has 1 atom stereocenters. The Balaban J connectivity index is 1.78. The second-order valence-corrected chi connectivity index (χ2v) is 9.35. The van der Waals surface area contributed by atoms with E-state index in [2.05, 4.69) is 6.92 Å². The Kier molecular flexibility index (Phi) is 7.99. The molecule has 7 heteroatoms. The van der Waals surface area contributed by atoms with Crippen LogP contribution in [0.1, 0.15) is 71.5 Å². The van der Waals surface area contributed by atoms with Crippen LogP contribution in [-0.2, 0) is 4.74 Å². The van der Waals surface area contributed by atoms with Crippen molar-refractivity contribution < 1.29 is 23.4 Å². The van der Waals surface area contributed by atoms with Crippen LogP contribution < -0.4 is 14.9 Å². The third-order valence-electron chi connectivity index (χ3n) is 6.69. The maximum Gasteiger partial charge on any atom is 0.290 e. The summed E-state index contributed by atoms with van der Waals surface area (Å²) in [5, 5.41) is 0.483. The Morgan fingerprint density at radius 3 is 2.50 bits per heavy atom. The fourth-order valence-electron chi connectivity index (χ4n) is 4.93. The number of unbranched alkanes of at least 4 members (excludes halogenated alkanes) is 3. The Bertz CT molecular complexity index is 1310. The predicted octanol–water partition coefficient (Wildman–Crippen LogP) is 5.57. The molecule has 0 fully saturated rings. The monoisotopic (exact) mass is 493 g/mol. The largest absolute Gasteiger partial charge is 0.493 e. The van der Waals surface area contributed by atoms with Crippen molar-refractivity contribution in [3.63, 3.8) is 0 Å². The van der Waals surface area contributed by atoms with Gasteiger partial charge >= 0.3 is 0 Å². The maximum atomic E-state index is 13.8. The Morgan fingerprint density at radius 2 is 1.78 bits per heavy atom. The lowest BCUT2D eigenvalue weighted by Gasteiger charge is -2.25. The highest BCUT2D eigenvalue weighted by molar-refractivity contribution is 5.99. The van der Waals surface area contributed by atoms with Gasteiger partial charge in [-0.3, -0.25) is 9.59 Å². The van der Waals surface area contributed by atoms with Gasteiger partial charge in [0.25, 0.3) is 5.91 Å². The summed E-state index contributed by atoms with van der Waals surface area (Å²) in [6.07, 6.45) is 4.44. The zero-order valence-corrected chi connectivity index (χ0v) is 21.8. The van der Waals surface area contributed by atoms with Crippen molar-refractivity contribution in [3.8, 4) is 11.5 Å². The number of aryl methyl sites for hydroxylation is 2. The Hall–Kier alpha value is -3.32. The molecule has 0 bridgehead atoms. The van der Waals surface area contributed by atoms with Crippen molar-refractivity contribution in [1.29, 1.82) is 0 Å². The van der Waals surface area contributed by atoms with Crippen LogP contribution in [0.15, 0.2) is 39.5 Å². The molecule has 2 aromatic carbocycles. The summed E-state index contributed by atoms with van der Waals surface area (Å²) < 4.78 is 23.0. The molecular weight excluding hydrogens is 458 g/mol. The highest BCUT2D eigenvalue weighted by Gasteiger charge is 2.43. The molecule has 4 rings (SSSR count). The van der Waals surface area contributed by atoms with E-state index in [4.69, 9.17) is 18.6 Å². The summed E-state index contributed by atoms with van der Waals surface area (Å²) in [6.45, 7) is 7.26. The lowest BCUT2D eigenvalue weighted by atomic mass is 9.97. The van der Waals surface area contributed by atoms with Gasteiger partial charge in [-0.25, -0.2) is 0 Å². The molecule has 1 unspecified atom stereocenters. The van der Waals surface area contributed by atoms with Gasteiger partial charge in [-0.05, 0) is 55.2 Å². The van der Waals surface area contributed by atoms with E-state index < -0.39 is 6.04 Å². The molecule has 7 nitrogen and oxygen atoms in total. The molecule has 192 valence electrons. The summed E-state index contributed by atoms with van der Waals surface area (Å²) >= 11 is 0. The molecule has 2 heterocycles. The first-order valence-electron chi connectivity index (χ1n) is 12.6. The third kappa shape index (κ3) is 4.85. The minimum Gasteiger partial charge on any atom is -0.493 e. The number of ether oxygens (including phenoxy) is 3. The fourth-order valence-corrected chi connectivity index (χ4v) is 4.93. The van der Waals surface area contributed by atoms with Crippen molar-refractivity contribution in [1.82, 2.24) is 4.90 Å². The molecular formula is C29H35NO6. The molecule has 0 saturated carbocycles. The number of methoxy groups -OCH3 is 2. The summed E-state index contributed by atoms with van der Waals surface area (Å²) in [6, 6.07) is 8.74. The number of hydrogen-bond donors (Lipinski definition) is 0. The molecule has 1 aliphatic heterocycles. The van der Waals surface area contributed by atoms with Gasteiger partial charge in [-0.2, -0.15) is 0 Å². The normalized spacial score (nSPS) is 15.0. The molecule has 0 saturated heterocycles. The van der Waals surface area contributed by atoms with Gasteiger partial charge in [0.2, 0.25) is 5.76 Å². The fraction of sp³-hybridized carbons (Fsp3) is 0.448. The van der Waals surface area contributed by atoms with Crippen LogP contribution in [0.3, 0.4) is 0 Å². The zero-order chi connectivity index (χ0) is 25.8. The molecule has 0 radical (unpaired) electrons. The van der Waals surface area contributed by atoms with E-state index in [1.54, 1.807) is 19.1 Å². The van der Waals surface area contributed by atoms with Gasteiger partial charge in [0.1, 0.15) is 5.58 Å². The Labute approximate surface area is 212 Å². The molecule has 0 N–H and O–H groups in total. The van der Waals surface area contributed by atoms with Crippen LogP contribution in [0.2, 0.25) is 0 Å². The minimum absolute atomic E-state index is 0.0933. The van der Waals surface area contributed by atoms with Crippen LogP contribution in [0.5, 0.6) is 11.5 Å². The third-order valence-corrected chi connectivity index (χ3v) is 6.69. The molecule has 3 aromatic rings. The van der Waals surface area contributed by atoms with Crippen LogP contribution in [0.25, 0.3) is 11.0 Å². The SMILES string of the molecule is CCCCCCOc1ccc(C2c3c(oc4c(C)cc(C)cc4c3=O)C(=O)N2CCOC)cc1OC. The van der Waals surface area contributed by atoms with Crippen molar-refractivity contribution in [2.75, 3.05) is 34.0 Å². The van der Waals surface area contributed by atoms with E-state index in [0.717, 1.165) is 29.5 Å². The topological polar surface area (TPSA) is 78.2 Å². The number of rotatable bonds is 11. The second kappa shape index (κ2) is 11.2. The summed E-state index contributed by atoms with van der Waals surface area (Å²) in [7, 11) is 3.18. The lowest BCUT2D eigenvalue weighted by molar-refractivity contribution is 0.0663. The number of carbonyl (C=O) groups is 1. The van der Waals surface area contributed by atoms with E-state index in [1.807, 2.05) is 44.2 Å². The first kappa shape index (κ1) is 25.8. The van der Waals surface area contributed by atoms with Gasteiger partial charge in [-0.15, -0.1) is 0 Å². The molecule has 0 spiro atoms. The standard InChI is InChI=1S/C29H35NO6/c1-6-7-8-9-13-35-22-11-10-20(17-23(22)34-5)25-24-26(31)21-16-18(2)15-19(3)27(21)36-28(24)29(32)30(25)12-14-33-4/h10-11,15-17,25H,6-9,12-14H2,1-5H3. The molecule has 1 aliphatic rings. The number of carbonyl (C=O) groups excluding carboxylic acids is 1. The average Bonchev–Trinajstić information content (AvgIpc) is 3.15. The number of fused-ring (bicyclic) bond motifs is 2. The van der Waals surface area contributed by atoms with E-state index in [0.29, 0.717) is 47.8 Å². The first-order valence-corrected chi connectivity index (χ1v) is 12.6. The molecule has 0 aliphatic carbocycles. The lowest BCUT2D eigenvalue weighted by Crippen LogP contribution is -2.32. The first-order chi connectivity index (χ1) is 17.4. The smallest absolute Gasteiger partial charge is 0.290 e. The zero-order valence-electron chi connectivity index (χ0n) is 21.8. The molecule has 36 heavy (non-hydrogen) atoms. The van der Waals surface area contributed by atoms with Gasteiger partial charge in [-0.1, -0.05) is 38.3 Å². The van der Waals surface area contributed by atoms with Gasteiger partial charge in [0.15, 0.2) is 16.9 Å². The van der Waals surface area contributed by atoms with Crippen molar-refractivity contribution in [2.45, 2.75) is 52.5 Å². The van der Waals surface area contributed by atoms with Crippen LogP contribution in [0.4, 0.5) is 0 Å². The second-order valence-electron chi connectivity index (χ2n) is 9.35. The average molecular weight is 494 g/mol. The van der Waals surface area contributed by atoms with E-state index in [-0.39, 0.29) is 17.1 Å². The summed E-state index contributed by atoms with van der Waals surface area (Å²) in [5.41, 5.74) is 3.16. The van der Waals surface area contributed by atoms with E-state index in [1.165, 1.54) is 12.8 Å². The quantitative estimate of drug-likeness (QED) is 0.325. The van der Waals surface area contributed by atoms with Gasteiger partial charge in [0, 0.05) is 13.7 Å². The summed E-state index contributed by atoms with van der Waals surface area (Å²) in [5.74, 6) is 0.979. The molecule has 1 aromatic heterocycles. The number of amides is 1. The van der Waals surface area contributed by atoms with Crippen molar-refractivity contribution in [2.24, 2.45) is 0 Å². The number of hydrogen-bond acceptors (Lipinski definition) is 6. The van der Waals surface area contributed by atoms with E-state index in [9.17, 15) is 9.59 Å². The highest BCUT2D eigenvalue weighted by atomic mass is 16.5. The maximum absolute atomic E-state index is 13.8. The Morgan fingerprint density at radius 1 is 0.972 bits per heavy atom. The minimum atomic E-state index is -0.614. The molecule has 1 amide bonds. The number of benzene rings is 2. The highest BCUT2D eigenvalue weighted by Crippen LogP contribution is 2.41. The van der Waals surface area contributed by atoms with Crippen molar-refractivity contribution >= 4 is 16.9 Å². The predicted molar refractivity (Wildman–Crippen MR) is 139 cm³/mol. The van der Waals surface area contributed by atoms with Crippen LogP contribution in [-0.4, -0.2) is 44.8 Å². The van der Waals surface area contributed by atoms with Gasteiger partial charge in [0.05, 0.1) is 37.3 Å². The number of nitrogens with zero attached hydrogens (tertiary/aromatic N) is 1. The van der Waals surface area contributed by atoms with Gasteiger partial charge < -0.3 is 23.5 Å². The van der Waals surface area contributed by atoms with E-state index >= 15 is 0 Å². The van der Waals surface area contributed by atoms with Crippen molar-refractivity contribution in [3.05, 3.63) is 68.6 Å². The summed E-state index contributed by atoms with van der Waals surface area (Å²) in [4.78, 5) is 28.9. The van der Waals surface area contributed by atoms with Crippen LogP contribution in [0, 0.1) is 13.8 Å².